The number of rotatable bonds is 8. The van der Waals surface area contributed by atoms with E-state index in [-0.39, 0.29) is 24.0 Å². The zero-order valence-electron chi connectivity index (χ0n) is 18.3. The van der Waals surface area contributed by atoms with E-state index in [0.717, 1.165) is 44.4 Å². The third kappa shape index (κ3) is 7.54. The highest BCUT2D eigenvalue weighted by atomic mass is 127. The monoisotopic (exact) mass is 525 g/mol. The van der Waals surface area contributed by atoms with Crippen molar-refractivity contribution >= 4 is 29.9 Å². The van der Waals surface area contributed by atoms with E-state index in [1.165, 1.54) is 49.9 Å². The summed E-state index contributed by atoms with van der Waals surface area (Å²) in [7, 11) is 1.81. The van der Waals surface area contributed by atoms with Crippen molar-refractivity contribution in [2.24, 2.45) is 4.99 Å². The highest BCUT2D eigenvalue weighted by molar-refractivity contribution is 14.0. The fraction of sp³-hybridized carbons (Fsp3) is 0.591. The van der Waals surface area contributed by atoms with Gasteiger partial charge in [-0.25, -0.2) is 0 Å². The molecule has 1 aliphatic rings. The van der Waals surface area contributed by atoms with Crippen molar-refractivity contribution in [2.75, 3.05) is 26.7 Å². The van der Waals surface area contributed by atoms with E-state index in [1.54, 1.807) is 6.33 Å². The highest BCUT2D eigenvalue weighted by Gasteiger charge is 2.12. The summed E-state index contributed by atoms with van der Waals surface area (Å²) in [5.74, 6) is 1.83. The number of hydrogen-bond donors (Lipinski definition) is 2. The molecule has 0 atom stereocenters. The van der Waals surface area contributed by atoms with Gasteiger partial charge in [-0.1, -0.05) is 44.0 Å². The smallest absolute Gasteiger partial charge is 0.191 e. The van der Waals surface area contributed by atoms with Crippen LogP contribution in [0.3, 0.4) is 0 Å². The number of aryl methyl sites for hydroxylation is 1. The van der Waals surface area contributed by atoms with Crippen molar-refractivity contribution in [3.8, 4) is 0 Å². The average Bonchev–Trinajstić information content (AvgIpc) is 3.05. The third-order valence-electron chi connectivity index (χ3n) is 5.54. The number of likely N-dealkylation sites (tertiary alicyclic amines) is 1. The quantitative estimate of drug-likeness (QED) is 0.315. The summed E-state index contributed by atoms with van der Waals surface area (Å²) in [5.41, 5.74) is 2.75. The maximum Gasteiger partial charge on any atom is 0.191 e. The van der Waals surface area contributed by atoms with Gasteiger partial charge in [0.1, 0.15) is 12.2 Å². The molecular weight excluding hydrogens is 489 g/mol. The second-order valence-electron chi connectivity index (χ2n) is 7.61. The molecule has 1 aromatic carbocycles. The Bertz CT molecular complexity index is 766. The molecule has 1 saturated heterocycles. The lowest BCUT2D eigenvalue weighted by atomic mass is 10.1. The maximum atomic E-state index is 4.37. The van der Waals surface area contributed by atoms with Gasteiger partial charge in [-0.15, -0.1) is 34.2 Å². The van der Waals surface area contributed by atoms with Crippen molar-refractivity contribution in [1.82, 2.24) is 30.3 Å². The van der Waals surface area contributed by atoms with Crippen LogP contribution < -0.4 is 10.6 Å². The SMILES string of the molecule is CCc1nncn1CCNC(=NC)NCc1ccccc1CN1CCCCCC1.I. The molecule has 2 aromatic rings. The number of aromatic nitrogens is 3. The zero-order chi connectivity index (χ0) is 20.3. The zero-order valence-corrected chi connectivity index (χ0v) is 20.6. The van der Waals surface area contributed by atoms with Gasteiger partial charge < -0.3 is 15.2 Å². The Labute approximate surface area is 197 Å². The Morgan fingerprint density at radius 1 is 1.07 bits per heavy atom. The van der Waals surface area contributed by atoms with Gasteiger partial charge in [-0.2, -0.15) is 0 Å². The fourth-order valence-corrected chi connectivity index (χ4v) is 3.85. The van der Waals surface area contributed by atoms with Gasteiger partial charge in [0.15, 0.2) is 5.96 Å². The minimum atomic E-state index is 0. The van der Waals surface area contributed by atoms with E-state index in [1.807, 2.05) is 7.05 Å². The molecule has 0 radical (unpaired) electrons. The van der Waals surface area contributed by atoms with Gasteiger partial charge in [-0.05, 0) is 37.1 Å². The van der Waals surface area contributed by atoms with Crippen LogP contribution >= 0.6 is 24.0 Å². The Kier molecular flexibility index (Phi) is 11.1. The molecule has 1 fully saturated rings. The second-order valence-corrected chi connectivity index (χ2v) is 7.61. The highest BCUT2D eigenvalue weighted by Crippen LogP contribution is 2.16. The first-order chi connectivity index (χ1) is 14.3. The van der Waals surface area contributed by atoms with Crippen LogP contribution in [-0.2, 0) is 26.1 Å². The molecule has 0 amide bonds. The molecule has 7 nitrogen and oxygen atoms in total. The number of aliphatic imine (C=N–C) groups is 1. The summed E-state index contributed by atoms with van der Waals surface area (Å²) in [6, 6.07) is 8.75. The summed E-state index contributed by atoms with van der Waals surface area (Å²) in [5, 5.41) is 15.0. The van der Waals surface area contributed by atoms with E-state index in [9.17, 15) is 0 Å². The van der Waals surface area contributed by atoms with E-state index >= 15 is 0 Å². The van der Waals surface area contributed by atoms with Gasteiger partial charge in [0.25, 0.3) is 0 Å². The van der Waals surface area contributed by atoms with Gasteiger partial charge in [-0.3, -0.25) is 9.89 Å². The molecule has 0 saturated carbocycles. The Balaban J connectivity index is 0.00000320. The molecule has 3 rings (SSSR count). The van der Waals surface area contributed by atoms with Crippen molar-refractivity contribution < 1.29 is 0 Å². The van der Waals surface area contributed by atoms with Gasteiger partial charge in [0.2, 0.25) is 0 Å². The van der Waals surface area contributed by atoms with Gasteiger partial charge in [0.05, 0.1) is 0 Å². The van der Waals surface area contributed by atoms with Crippen LogP contribution in [-0.4, -0.2) is 52.3 Å². The topological polar surface area (TPSA) is 70.4 Å². The molecule has 166 valence electrons. The summed E-state index contributed by atoms with van der Waals surface area (Å²) in [6.07, 6.45) is 8.07. The Morgan fingerprint density at radius 2 is 1.80 bits per heavy atom. The van der Waals surface area contributed by atoms with Crippen LogP contribution in [0.25, 0.3) is 0 Å². The Hall–Kier alpha value is -1.68. The summed E-state index contributed by atoms with van der Waals surface area (Å²) in [6.45, 7) is 7.94. The number of guanidine groups is 1. The standard InChI is InChI=1S/C22H35N7.HI/c1-3-21-27-26-18-29(21)15-12-24-22(23-2)25-16-19-10-6-7-11-20(19)17-28-13-8-4-5-9-14-28;/h6-7,10-11,18H,3-5,8-9,12-17H2,1-2H3,(H2,23,24,25);1H. The van der Waals surface area contributed by atoms with Crippen LogP contribution in [0, 0.1) is 0 Å². The molecule has 0 spiro atoms. The molecule has 1 aliphatic heterocycles. The first-order valence-electron chi connectivity index (χ1n) is 10.9. The summed E-state index contributed by atoms with van der Waals surface area (Å²) in [4.78, 5) is 6.97. The van der Waals surface area contributed by atoms with Crippen LogP contribution in [0.5, 0.6) is 0 Å². The molecule has 0 aliphatic carbocycles. The lowest BCUT2D eigenvalue weighted by molar-refractivity contribution is 0.276. The van der Waals surface area contributed by atoms with Crippen LogP contribution in [0.15, 0.2) is 35.6 Å². The molecular formula is C22H36IN7. The van der Waals surface area contributed by atoms with Crippen LogP contribution in [0.4, 0.5) is 0 Å². The maximum absolute atomic E-state index is 4.37. The molecule has 1 aromatic heterocycles. The van der Waals surface area contributed by atoms with E-state index < -0.39 is 0 Å². The third-order valence-corrected chi connectivity index (χ3v) is 5.54. The number of nitrogens with zero attached hydrogens (tertiary/aromatic N) is 5. The van der Waals surface area contributed by atoms with Crippen molar-refractivity contribution in [2.45, 2.75) is 58.7 Å². The lowest BCUT2D eigenvalue weighted by Crippen LogP contribution is -2.38. The lowest BCUT2D eigenvalue weighted by Gasteiger charge is -2.22. The van der Waals surface area contributed by atoms with E-state index in [4.69, 9.17) is 0 Å². The minimum absolute atomic E-state index is 0. The normalized spacial score (nSPS) is 15.3. The molecule has 0 unspecified atom stereocenters. The average molecular weight is 525 g/mol. The number of nitrogens with one attached hydrogen (secondary N) is 2. The van der Waals surface area contributed by atoms with Gasteiger partial charge in [0, 0.05) is 39.6 Å². The van der Waals surface area contributed by atoms with Crippen molar-refractivity contribution in [3.63, 3.8) is 0 Å². The molecule has 2 heterocycles. The Morgan fingerprint density at radius 3 is 2.50 bits per heavy atom. The summed E-state index contributed by atoms with van der Waals surface area (Å²) < 4.78 is 2.08. The number of hydrogen-bond acceptors (Lipinski definition) is 4. The van der Waals surface area contributed by atoms with Crippen molar-refractivity contribution in [1.29, 1.82) is 0 Å². The first kappa shape index (κ1) is 24.6. The van der Waals surface area contributed by atoms with Gasteiger partial charge >= 0.3 is 0 Å². The molecule has 8 heteroatoms. The number of benzene rings is 1. The minimum Gasteiger partial charge on any atom is -0.355 e. The fourth-order valence-electron chi connectivity index (χ4n) is 3.85. The van der Waals surface area contributed by atoms with Crippen LogP contribution in [0.2, 0.25) is 0 Å². The molecule has 30 heavy (non-hydrogen) atoms. The first-order valence-corrected chi connectivity index (χ1v) is 10.9. The summed E-state index contributed by atoms with van der Waals surface area (Å²) >= 11 is 0. The largest absolute Gasteiger partial charge is 0.355 e. The van der Waals surface area contributed by atoms with Crippen LogP contribution in [0.1, 0.15) is 49.6 Å². The van der Waals surface area contributed by atoms with Crippen molar-refractivity contribution in [3.05, 3.63) is 47.5 Å². The second kappa shape index (κ2) is 13.6. The molecule has 2 N–H and O–H groups in total. The van der Waals surface area contributed by atoms with E-state index in [0.29, 0.717) is 0 Å². The number of halogens is 1. The van der Waals surface area contributed by atoms with E-state index in [2.05, 4.69) is 66.5 Å². The predicted molar refractivity (Wildman–Crippen MR) is 133 cm³/mol. The molecule has 0 bridgehead atoms. The predicted octanol–water partition coefficient (Wildman–Crippen LogP) is 3.20.